The smallest absolute Gasteiger partial charge is 0.137 e. The summed E-state index contributed by atoms with van der Waals surface area (Å²) >= 11 is 1.84. The molecule has 2 heterocycles. The predicted molar refractivity (Wildman–Crippen MR) is 99.4 cm³/mol. The third-order valence-corrected chi connectivity index (χ3v) is 5.62. The van der Waals surface area contributed by atoms with Crippen LogP contribution in [0.15, 0.2) is 36.0 Å². The number of hydrogen-bond acceptors (Lipinski definition) is 5. The summed E-state index contributed by atoms with van der Waals surface area (Å²) in [6.07, 6.45) is 6.80. The van der Waals surface area contributed by atoms with Crippen molar-refractivity contribution in [2.45, 2.75) is 44.3 Å². The molecular weight excluding hydrogens is 316 g/mol. The van der Waals surface area contributed by atoms with Crippen LogP contribution in [-0.2, 0) is 6.54 Å². The molecule has 3 aromatic rings. The highest BCUT2D eigenvalue weighted by molar-refractivity contribution is 7.10. The number of benzene rings is 1. The number of nitrogens with zero attached hydrogens (tertiary/aromatic N) is 2. The van der Waals surface area contributed by atoms with E-state index in [0.29, 0.717) is 6.04 Å². The fourth-order valence-corrected chi connectivity index (χ4v) is 3.77. The lowest BCUT2D eigenvalue weighted by Gasteiger charge is -2.08. The normalized spacial score (nSPS) is 17.3. The molecule has 5 rings (SSSR count). The molecule has 24 heavy (non-hydrogen) atoms. The van der Waals surface area contributed by atoms with Crippen molar-refractivity contribution in [1.29, 1.82) is 0 Å². The van der Waals surface area contributed by atoms with Crippen LogP contribution in [0.1, 0.15) is 30.6 Å². The summed E-state index contributed by atoms with van der Waals surface area (Å²) in [6, 6.07) is 10.1. The highest BCUT2D eigenvalue weighted by Gasteiger charge is 2.22. The second-order valence-corrected chi connectivity index (χ2v) is 7.83. The van der Waals surface area contributed by atoms with Crippen molar-refractivity contribution in [2.24, 2.45) is 0 Å². The summed E-state index contributed by atoms with van der Waals surface area (Å²) in [5, 5.41) is 10.5. The van der Waals surface area contributed by atoms with Gasteiger partial charge in [0, 0.05) is 28.9 Å². The standard InChI is InChI=1S/C19H20N4S/c1-6-18-17(19(22-11-21-18)23-15-4-5-15)8-12(1)13-7-16(24-10-13)9-20-14-2-3-14/h1,6-8,10-11,14-15,20H,2-5,9H2,(H,21,22,23). The Kier molecular flexibility index (Phi) is 3.49. The van der Waals surface area contributed by atoms with E-state index >= 15 is 0 Å². The second kappa shape index (κ2) is 5.83. The molecule has 0 unspecified atom stereocenters. The predicted octanol–water partition coefficient (Wildman–Crippen LogP) is 4.18. The Morgan fingerprint density at radius 3 is 2.71 bits per heavy atom. The minimum absolute atomic E-state index is 0.591. The van der Waals surface area contributed by atoms with Gasteiger partial charge in [0.1, 0.15) is 12.1 Å². The molecule has 2 aliphatic rings. The molecule has 5 heteroatoms. The molecule has 1 aromatic carbocycles. The monoisotopic (exact) mass is 336 g/mol. The Morgan fingerprint density at radius 1 is 1.00 bits per heavy atom. The van der Waals surface area contributed by atoms with Crippen molar-refractivity contribution < 1.29 is 0 Å². The van der Waals surface area contributed by atoms with E-state index in [0.717, 1.165) is 29.3 Å². The zero-order valence-corrected chi connectivity index (χ0v) is 14.3. The van der Waals surface area contributed by atoms with E-state index in [-0.39, 0.29) is 0 Å². The maximum atomic E-state index is 4.45. The Morgan fingerprint density at radius 2 is 1.88 bits per heavy atom. The van der Waals surface area contributed by atoms with Gasteiger partial charge in [0.2, 0.25) is 0 Å². The lowest BCUT2D eigenvalue weighted by molar-refractivity contribution is 0.695. The molecule has 0 bridgehead atoms. The van der Waals surface area contributed by atoms with E-state index in [2.05, 4.69) is 50.2 Å². The number of nitrogens with one attached hydrogen (secondary N) is 2. The van der Waals surface area contributed by atoms with Gasteiger partial charge in [0.15, 0.2) is 0 Å². The van der Waals surface area contributed by atoms with Gasteiger partial charge in [-0.25, -0.2) is 9.97 Å². The Balaban J connectivity index is 1.45. The molecule has 0 saturated heterocycles. The van der Waals surface area contributed by atoms with E-state index in [4.69, 9.17) is 0 Å². The van der Waals surface area contributed by atoms with E-state index in [1.165, 1.54) is 41.7 Å². The molecule has 0 atom stereocenters. The highest BCUT2D eigenvalue weighted by atomic mass is 32.1. The van der Waals surface area contributed by atoms with Crippen LogP contribution in [0.3, 0.4) is 0 Å². The second-order valence-electron chi connectivity index (χ2n) is 6.83. The van der Waals surface area contributed by atoms with Gasteiger partial charge in [-0.05, 0) is 60.4 Å². The first-order valence-electron chi connectivity index (χ1n) is 8.67. The third-order valence-electron chi connectivity index (χ3n) is 4.68. The first-order chi connectivity index (χ1) is 11.8. The number of fused-ring (bicyclic) bond motifs is 1. The minimum atomic E-state index is 0.591. The van der Waals surface area contributed by atoms with Gasteiger partial charge < -0.3 is 10.6 Å². The molecule has 2 aliphatic carbocycles. The van der Waals surface area contributed by atoms with Gasteiger partial charge >= 0.3 is 0 Å². The molecule has 0 radical (unpaired) electrons. The van der Waals surface area contributed by atoms with Crippen molar-refractivity contribution >= 4 is 28.1 Å². The van der Waals surface area contributed by atoms with Crippen molar-refractivity contribution in [2.75, 3.05) is 5.32 Å². The molecule has 4 nitrogen and oxygen atoms in total. The average Bonchev–Trinajstić information content (AvgIpc) is 3.54. The van der Waals surface area contributed by atoms with E-state index in [1.54, 1.807) is 6.33 Å². The summed E-state index contributed by atoms with van der Waals surface area (Å²) in [5.74, 6) is 0.968. The van der Waals surface area contributed by atoms with Gasteiger partial charge in [-0.1, -0.05) is 6.07 Å². The number of hydrogen-bond donors (Lipinski definition) is 2. The molecule has 2 aromatic heterocycles. The molecule has 122 valence electrons. The minimum Gasteiger partial charge on any atom is -0.367 e. The van der Waals surface area contributed by atoms with Crippen molar-refractivity contribution in [1.82, 2.24) is 15.3 Å². The summed E-state index contributed by atoms with van der Waals surface area (Å²) in [6.45, 7) is 0.987. The first-order valence-corrected chi connectivity index (χ1v) is 9.55. The van der Waals surface area contributed by atoms with Crippen molar-refractivity contribution in [3.05, 3.63) is 40.8 Å². The van der Waals surface area contributed by atoms with Crippen LogP contribution < -0.4 is 10.6 Å². The summed E-state index contributed by atoms with van der Waals surface area (Å²) < 4.78 is 0. The van der Waals surface area contributed by atoms with Crippen molar-refractivity contribution in [3.8, 4) is 11.1 Å². The van der Waals surface area contributed by atoms with Gasteiger partial charge in [-0.15, -0.1) is 11.3 Å². The topological polar surface area (TPSA) is 49.8 Å². The number of aromatic nitrogens is 2. The average molecular weight is 336 g/mol. The number of anilines is 1. The maximum absolute atomic E-state index is 4.45. The third kappa shape index (κ3) is 3.01. The van der Waals surface area contributed by atoms with Gasteiger partial charge in [0.05, 0.1) is 5.52 Å². The van der Waals surface area contributed by atoms with E-state index < -0.39 is 0 Å². The first kappa shape index (κ1) is 14.4. The highest BCUT2D eigenvalue weighted by Crippen LogP contribution is 2.32. The van der Waals surface area contributed by atoms with E-state index in [1.807, 2.05) is 11.3 Å². The van der Waals surface area contributed by atoms with E-state index in [9.17, 15) is 0 Å². The molecule has 0 spiro atoms. The van der Waals surface area contributed by atoms with Crippen LogP contribution in [0.25, 0.3) is 22.0 Å². The van der Waals surface area contributed by atoms with Crippen LogP contribution in [0, 0.1) is 0 Å². The molecule has 2 fully saturated rings. The molecule has 0 aliphatic heterocycles. The molecular formula is C19H20N4S. The quantitative estimate of drug-likeness (QED) is 0.709. The van der Waals surface area contributed by atoms with Gasteiger partial charge in [0.25, 0.3) is 0 Å². The van der Waals surface area contributed by atoms with Gasteiger partial charge in [-0.3, -0.25) is 0 Å². The zero-order chi connectivity index (χ0) is 15.9. The maximum Gasteiger partial charge on any atom is 0.137 e. The van der Waals surface area contributed by atoms with Crippen LogP contribution in [0.5, 0.6) is 0 Å². The lowest BCUT2D eigenvalue weighted by atomic mass is 10.1. The molecule has 2 saturated carbocycles. The fourth-order valence-electron chi connectivity index (χ4n) is 2.93. The van der Waals surface area contributed by atoms with Gasteiger partial charge in [-0.2, -0.15) is 0 Å². The van der Waals surface area contributed by atoms with Crippen molar-refractivity contribution in [3.63, 3.8) is 0 Å². The Labute approximate surface area is 145 Å². The Bertz CT molecular complexity index is 880. The van der Waals surface area contributed by atoms with Crippen LogP contribution in [0.4, 0.5) is 5.82 Å². The van der Waals surface area contributed by atoms with Crippen LogP contribution >= 0.6 is 11.3 Å². The number of rotatable bonds is 6. The molecule has 2 N–H and O–H groups in total. The summed E-state index contributed by atoms with van der Waals surface area (Å²) in [5.41, 5.74) is 3.53. The fraction of sp³-hybridized carbons (Fsp3) is 0.368. The largest absolute Gasteiger partial charge is 0.367 e. The lowest BCUT2D eigenvalue weighted by Crippen LogP contribution is -2.14. The SMILES string of the molecule is c1nc(NC2CC2)c2cc(-c3csc(CNC4CC4)c3)ccc2n1. The van der Waals surface area contributed by atoms with Crippen LogP contribution in [-0.4, -0.2) is 22.1 Å². The Hall–Kier alpha value is -1.98. The van der Waals surface area contributed by atoms with Crippen LogP contribution in [0.2, 0.25) is 0 Å². The number of thiophene rings is 1. The summed E-state index contributed by atoms with van der Waals surface area (Å²) in [7, 11) is 0. The zero-order valence-electron chi connectivity index (χ0n) is 13.5. The molecule has 0 amide bonds. The summed E-state index contributed by atoms with van der Waals surface area (Å²) in [4.78, 5) is 10.3.